The fraction of sp³-hybridized carbons (Fsp3) is 0.190. The predicted molar refractivity (Wildman–Crippen MR) is 106 cm³/mol. The average Bonchev–Trinajstić information content (AvgIpc) is 2.68. The Morgan fingerprint density at radius 1 is 1.07 bits per heavy atom. The molecule has 1 aliphatic rings. The van der Waals surface area contributed by atoms with E-state index in [9.17, 15) is 13.6 Å². The van der Waals surface area contributed by atoms with Crippen molar-refractivity contribution in [3.05, 3.63) is 72.1 Å². The standard InChI is InChI=1S/C21H19F2N5O/c22-15-3-1-14(2-4-15)19-8-7-18(24)20(26-19)27-21(29)28-11-13(12-28)9-17-6-5-16(23)10-25-17/h1-8,10,13H,9,11-12,24H2,(H,26,27,29). The lowest BCUT2D eigenvalue weighted by Crippen LogP contribution is -2.52. The number of nitrogens with zero attached hydrogens (tertiary/aromatic N) is 3. The number of aromatic nitrogens is 2. The minimum Gasteiger partial charge on any atom is -0.396 e. The summed E-state index contributed by atoms with van der Waals surface area (Å²) in [6.45, 7) is 1.14. The fourth-order valence-electron chi connectivity index (χ4n) is 3.22. The molecule has 1 aliphatic heterocycles. The molecule has 6 nitrogen and oxygen atoms in total. The van der Waals surface area contributed by atoms with Gasteiger partial charge in [0.1, 0.15) is 11.6 Å². The van der Waals surface area contributed by atoms with Crippen LogP contribution >= 0.6 is 0 Å². The molecule has 0 saturated carbocycles. The number of anilines is 2. The number of amides is 2. The third-order valence-corrected chi connectivity index (χ3v) is 4.82. The summed E-state index contributed by atoms with van der Waals surface area (Å²) in [6.07, 6.45) is 1.88. The molecule has 3 heterocycles. The topological polar surface area (TPSA) is 84.1 Å². The van der Waals surface area contributed by atoms with E-state index in [2.05, 4.69) is 15.3 Å². The van der Waals surface area contributed by atoms with E-state index in [1.54, 1.807) is 35.2 Å². The third kappa shape index (κ3) is 4.31. The number of carbonyl (C=O) groups is 1. The Balaban J connectivity index is 1.37. The molecule has 0 atom stereocenters. The predicted octanol–water partition coefficient (Wildman–Crippen LogP) is 3.71. The van der Waals surface area contributed by atoms with E-state index in [-0.39, 0.29) is 29.4 Å². The zero-order valence-corrected chi connectivity index (χ0v) is 15.5. The van der Waals surface area contributed by atoms with Gasteiger partial charge in [-0.05, 0) is 60.9 Å². The van der Waals surface area contributed by atoms with Crippen molar-refractivity contribution in [3.8, 4) is 11.3 Å². The van der Waals surface area contributed by atoms with Gasteiger partial charge in [0.2, 0.25) is 0 Å². The quantitative estimate of drug-likeness (QED) is 0.705. The first-order valence-corrected chi connectivity index (χ1v) is 9.17. The number of nitrogens with two attached hydrogens (primary N) is 1. The van der Waals surface area contributed by atoms with Crippen molar-refractivity contribution in [2.45, 2.75) is 6.42 Å². The summed E-state index contributed by atoms with van der Waals surface area (Å²) in [6, 6.07) is 12.0. The van der Waals surface area contributed by atoms with Crippen molar-refractivity contribution >= 4 is 17.5 Å². The van der Waals surface area contributed by atoms with Crippen LogP contribution < -0.4 is 11.1 Å². The number of carbonyl (C=O) groups excluding carboxylic acids is 1. The molecule has 4 rings (SSSR count). The Hall–Kier alpha value is -3.55. The molecule has 1 fully saturated rings. The van der Waals surface area contributed by atoms with Gasteiger partial charge in [-0.1, -0.05) is 0 Å². The lowest BCUT2D eigenvalue weighted by molar-refractivity contribution is 0.130. The van der Waals surface area contributed by atoms with Crippen molar-refractivity contribution in [2.75, 3.05) is 24.1 Å². The minimum absolute atomic E-state index is 0.264. The van der Waals surface area contributed by atoms with E-state index in [0.29, 0.717) is 30.9 Å². The number of nitrogen functional groups attached to an aromatic ring is 1. The molecule has 3 N–H and O–H groups in total. The van der Waals surface area contributed by atoms with Gasteiger partial charge in [0.15, 0.2) is 5.82 Å². The maximum atomic E-state index is 13.1. The number of nitrogens with one attached hydrogen (secondary N) is 1. The van der Waals surface area contributed by atoms with Crippen LogP contribution in [0.3, 0.4) is 0 Å². The van der Waals surface area contributed by atoms with E-state index in [4.69, 9.17) is 5.73 Å². The summed E-state index contributed by atoms with van der Waals surface area (Å²) in [5, 5.41) is 2.74. The molecule has 0 bridgehead atoms. The van der Waals surface area contributed by atoms with Crippen LogP contribution in [0.2, 0.25) is 0 Å². The summed E-state index contributed by atoms with van der Waals surface area (Å²) in [5.74, 6) is -0.160. The van der Waals surface area contributed by atoms with Gasteiger partial charge in [-0.15, -0.1) is 0 Å². The van der Waals surface area contributed by atoms with Crippen LogP contribution in [0.4, 0.5) is 25.1 Å². The smallest absolute Gasteiger partial charge is 0.323 e. The number of rotatable bonds is 4. The van der Waals surface area contributed by atoms with Crippen LogP contribution in [0.5, 0.6) is 0 Å². The van der Waals surface area contributed by atoms with Crippen LogP contribution in [0.15, 0.2) is 54.7 Å². The van der Waals surface area contributed by atoms with E-state index in [0.717, 1.165) is 11.3 Å². The molecule has 8 heteroatoms. The van der Waals surface area contributed by atoms with Crippen molar-refractivity contribution in [1.29, 1.82) is 0 Å². The van der Waals surface area contributed by atoms with Gasteiger partial charge in [0.05, 0.1) is 17.6 Å². The first-order chi connectivity index (χ1) is 14.0. The summed E-state index contributed by atoms with van der Waals surface area (Å²) in [7, 11) is 0. The van der Waals surface area contributed by atoms with E-state index >= 15 is 0 Å². The molecule has 0 unspecified atom stereocenters. The highest BCUT2D eigenvalue weighted by molar-refractivity contribution is 5.92. The number of hydrogen-bond acceptors (Lipinski definition) is 4. The lowest BCUT2D eigenvalue weighted by atomic mass is 9.95. The number of halogens is 2. The van der Waals surface area contributed by atoms with E-state index in [1.807, 2.05) is 0 Å². The van der Waals surface area contributed by atoms with Crippen molar-refractivity contribution in [2.24, 2.45) is 5.92 Å². The van der Waals surface area contributed by atoms with Gasteiger partial charge < -0.3 is 10.6 Å². The number of urea groups is 1. The zero-order valence-electron chi connectivity index (χ0n) is 15.5. The Labute approximate surface area is 166 Å². The van der Waals surface area contributed by atoms with Gasteiger partial charge in [-0.3, -0.25) is 10.3 Å². The monoisotopic (exact) mass is 395 g/mol. The molecule has 0 radical (unpaired) electrons. The molecule has 2 amide bonds. The minimum atomic E-state index is -0.365. The molecule has 3 aromatic rings. The van der Waals surface area contributed by atoms with E-state index < -0.39 is 0 Å². The maximum absolute atomic E-state index is 13.1. The first-order valence-electron chi connectivity index (χ1n) is 9.17. The summed E-state index contributed by atoms with van der Waals surface area (Å²) in [4.78, 5) is 22.6. The largest absolute Gasteiger partial charge is 0.396 e. The number of hydrogen-bond donors (Lipinski definition) is 2. The second-order valence-corrected chi connectivity index (χ2v) is 7.01. The van der Waals surface area contributed by atoms with Gasteiger partial charge in [-0.2, -0.15) is 0 Å². The molecule has 2 aromatic heterocycles. The maximum Gasteiger partial charge on any atom is 0.323 e. The molecule has 0 aliphatic carbocycles. The summed E-state index contributed by atoms with van der Waals surface area (Å²) in [5.41, 5.74) is 8.39. The second kappa shape index (κ2) is 7.83. The van der Waals surface area contributed by atoms with Crippen LogP contribution in [0.25, 0.3) is 11.3 Å². The van der Waals surface area contributed by atoms with Crippen LogP contribution in [-0.4, -0.2) is 34.0 Å². The van der Waals surface area contributed by atoms with Crippen molar-refractivity contribution in [1.82, 2.24) is 14.9 Å². The molecular formula is C21H19F2N5O. The Morgan fingerprint density at radius 2 is 1.79 bits per heavy atom. The Bertz CT molecular complexity index is 1020. The lowest BCUT2D eigenvalue weighted by Gasteiger charge is -2.39. The molecule has 29 heavy (non-hydrogen) atoms. The van der Waals surface area contributed by atoms with Crippen LogP contribution in [0, 0.1) is 17.6 Å². The van der Waals surface area contributed by atoms with Gasteiger partial charge in [0.25, 0.3) is 0 Å². The summed E-state index contributed by atoms with van der Waals surface area (Å²) < 4.78 is 26.0. The third-order valence-electron chi connectivity index (χ3n) is 4.82. The fourth-order valence-corrected chi connectivity index (χ4v) is 3.22. The molecule has 1 saturated heterocycles. The zero-order chi connectivity index (χ0) is 20.4. The average molecular weight is 395 g/mol. The first kappa shape index (κ1) is 18.8. The number of pyridine rings is 2. The van der Waals surface area contributed by atoms with Gasteiger partial charge in [-0.25, -0.2) is 18.6 Å². The molecular weight excluding hydrogens is 376 g/mol. The Morgan fingerprint density at radius 3 is 2.48 bits per heavy atom. The molecule has 1 aromatic carbocycles. The number of likely N-dealkylation sites (tertiary alicyclic amines) is 1. The van der Waals surface area contributed by atoms with E-state index in [1.165, 1.54) is 24.4 Å². The van der Waals surface area contributed by atoms with Crippen molar-refractivity contribution < 1.29 is 13.6 Å². The highest BCUT2D eigenvalue weighted by atomic mass is 19.1. The summed E-state index contributed by atoms with van der Waals surface area (Å²) >= 11 is 0. The second-order valence-electron chi connectivity index (χ2n) is 7.01. The highest BCUT2D eigenvalue weighted by Crippen LogP contribution is 2.25. The number of benzene rings is 1. The molecule has 148 valence electrons. The highest BCUT2D eigenvalue weighted by Gasteiger charge is 2.31. The normalized spacial score (nSPS) is 13.8. The van der Waals surface area contributed by atoms with Gasteiger partial charge >= 0.3 is 6.03 Å². The van der Waals surface area contributed by atoms with Crippen LogP contribution in [-0.2, 0) is 6.42 Å². The SMILES string of the molecule is Nc1ccc(-c2ccc(F)cc2)nc1NC(=O)N1CC(Cc2ccc(F)cn2)C1. The Kier molecular flexibility index (Phi) is 5.07. The molecule has 0 spiro atoms. The van der Waals surface area contributed by atoms with Crippen LogP contribution in [0.1, 0.15) is 5.69 Å². The van der Waals surface area contributed by atoms with Crippen molar-refractivity contribution in [3.63, 3.8) is 0 Å². The van der Waals surface area contributed by atoms with Gasteiger partial charge in [0, 0.05) is 24.3 Å².